The summed E-state index contributed by atoms with van der Waals surface area (Å²) in [6, 6.07) is 8.13. The van der Waals surface area contributed by atoms with Crippen LogP contribution < -0.4 is 16.0 Å². The third-order valence-electron chi connectivity index (χ3n) is 4.98. The summed E-state index contributed by atoms with van der Waals surface area (Å²) in [5.41, 5.74) is 1.87. The zero-order chi connectivity index (χ0) is 17.1. The van der Waals surface area contributed by atoms with Crippen LogP contribution in [-0.2, 0) is 9.59 Å². The van der Waals surface area contributed by atoms with Crippen molar-refractivity contribution in [2.45, 2.75) is 51.6 Å². The summed E-state index contributed by atoms with van der Waals surface area (Å²) in [7, 11) is 0. The zero-order valence-corrected chi connectivity index (χ0v) is 15.7. The number of carbonyl (C=O) groups excluding carboxylic acids is 2. The van der Waals surface area contributed by atoms with Crippen molar-refractivity contribution < 1.29 is 9.59 Å². The van der Waals surface area contributed by atoms with Crippen LogP contribution in [-0.4, -0.2) is 24.4 Å². The summed E-state index contributed by atoms with van der Waals surface area (Å²) in [6.07, 6.45) is 3.80. The van der Waals surface area contributed by atoms with Crippen molar-refractivity contribution >= 4 is 29.9 Å². The molecule has 0 aromatic heterocycles. The predicted molar refractivity (Wildman–Crippen MR) is 102 cm³/mol. The van der Waals surface area contributed by atoms with Gasteiger partial charge in [0.1, 0.15) is 0 Å². The van der Waals surface area contributed by atoms with Gasteiger partial charge in [0, 0.05) is 23.6 Å². The second-order valence-corrected chi connectivity index (χ2v) is 7.19. The minimum absolute atomic E-state index is 0. The highest BCUT2D eigenvalue weighted by molar-refractivity contribution is 5.94. The van der Waals surface area contributed by atoms with E-state index in [1.807, 2.05) is 31.2 Å². The molecule has 0 spiro atoms. The summed E-state index contributed by atoms with van der Waals surface area (Å²) >= 11 is 0. The molecule has 1 saturated heterocycles. The average molecular weight is 366 g/mol. The zero-order valence-electron chi connectivity index (χ0n) is 14.9. The molecule has 6 heteroatoms. The van der Waals surface area contributed by atoms with E-state index in [1.54, 1.807) is 0 Å². The Labute approximate surface area is 155 Å². The van der Waals surface area contributed by atoms with Crippen molar-refractivity contribution in [1.82, 2.24) is 10.6 Å². The molecule has 3 rings (SSSR count). The summed E-state index contributed by atoms with van der Waals surface area (Å²) in [5, 5.41) is 9.43. The van der Waals surface area contributed by atoms with Gasteiger partial charge in [0.25, 0.3) is 0 Å². The molecule has 2 amide bonds. The predicted octanol–water partition coefficient (Wildman–Crippen LogP) is 3.02. The SMILES string of the molecule is CC(NC(=O)[C@H]1CCN[C@@H](C)C1)c1ccc(NC(=O)C2CC2)cc1.Cl. The van der Waals surface area contributed by atoms with Crippen LogP contribution in [0.5, 0.6) is 0 Å². The number of benzene rings is 1. The van der Waals surface area contributed by atoms with E-state index in [0.717, 1.165) is 43.5 Å². The van der Waals surface area contributed by atoms with Crippen LogP contribution in [0.1, 0.15) is 51.1 Å². The number of nitrogens with one attached hydrogen (secondary N) is 3. The van der Waals surface area contributed by atoms with Gasteiger partial charge in [0.15, 0.2) is 0 Å². The van der Waals surface area contributed by atoms with Gasteiger partial charge in [-0.05, 0) is 63.8 Å². The Hall–Kier alpha value is -1.59. The van der Waals surface area contributed by atoms with Gasteiger partial charge < -0.3 is 16.0 Å². The Kier molecular flexibility index (Phi) is 6.85. The van der Waals surface area contributed by atoms with Crippen molar-refractivity contribution in [1.29, 1.82) is 0 Å². The Morgan fingerprint density at radius 3 is 2.36 bits per heavy atom. The van der Waals surface area contributed by atoms with Crippen LogP contribution in [0.3, 0.4) is 0 Å². The Morgan fingerprint density at radius 1 is 1.08 bits per heavy atom. The molecule has 1 aliphatic carbocycles. The molecule has 138 valence electrons. The fourth-order valence-electron chi connectivity index (χ4n) is 3.23. The largest absolute Gasteiger partial charge is 0.349 e. The van der Waals surface area contributed by atoms with E-state index in [2.05, 4.69) is 22.9 Å². The second-order valence-electron chi connectivity index (χ2n) is 7.19. The molecular formula is C19H28ClN3O2. The highest BCUT2D eigenvalue weighted by atomic mass is 35.5. The summed E-state index contributed by atoms with van der Waals surface area (Å²) in [5.74, 6) is 0.558. The minimum atomic E-state index is -0.0316. The minimum Gasteiger partial charge on any atom is -0.349 e. The number of hydrogen-bond acceptors (Lipinski definition) is 3. The second kappa shape index (κ2) is 8.68. The first kappa shape index (κ1) is 19.7. The lowest BCUT2D eigenvalue weighted by Crippen LogP contribution is -2.42. The maximum absolute atomic E-state index is 12.4. The molecule has 1 aliphatic heterocycles. The fourth-order valence-corrected chi connectivity index (χ4v) is 3.23. The number of rotatable bonds is 5. The summed E-state index contributed by atoms with van der Waals surface area (Å²) in [6.45, 7) is 5.03. The van der Waals surface area contributed by atoms with Crippen LogP contribution in [0.2, 0.25) is 0 Å². The maximum Gasteiger partial charge on any atom is 0.227 e. The maximum atomic E-state index is 12.4. The molecule has 25 heavy (non-hydrogen) atoms. The van der Waals surface area contributed by atoms with E-state index in [1.165, 1.54) is 0 Å². The van der Waals surface area contributed by atoms with E-state index < -0.39 is 0 Å². The molecule has 0 radical (unpaired) electrons. The van der Waals surface area contributed by atoms with Gasteiger partial charge in [-0.15, -0.1) is 12.4 Å². The van der Waals surface area contributed by atoms with Crippen LogP contribution in [0.15, 0.2) is 24.3 Å². The van der Waals surface area contributed by atoms with Crippen molar-refractivity contribution in [3.63, 3.8) is 0 Å². The van der Waals surface area contributed by atoms with Gasteiger partial charge in [-0.2, -0.15) is 0 Å². The van der Waals surface area contributed by atoms with Gasteiger partial charge >= 0.3 is 0 Å². The third kappa shape index (κ3) is 5.44. The standard InChI is InChI=1S/C19H27N3O2.ClH/c1-12-11-16(9-10-20-12)19(24)21-13(2)14-5-7-17(8-6-14)22-18(23)15-3-4-15;/h5-8,12-13,15-16,20H,3-4,9-11H2,1-2H3,(H,21,24)(H,22,23);1H/t12-,13?,16-;/m0./s1. The highest BCUT2D eigenvalue weighted by Crippen LogP contribution is 2.30. The lowest BCUT2D eigenvalue weighted by molar-refractivity contribution is -0.126. The van der Waals surface area contributed by atoms with E-state index in [4.69, 9.17) is 0 Å². The van der Waals surface area contributed by atoms with Gasteiger partial charge in [0.05, 0.1) is 6.04 Å². The number of hydrogen-bond donors (Lipinski definition) is 3. The Morgan fingerprint density at radius 2 is 1.76 bits per heavy atom. The molecule has 1 saturated carbocycles. The van der Waals surface area contributed by atoms with E-state index >= 15 is 0 Å². The summed E-state index contributed by atoms with van der Waals surface area (Å²) < 4.78 is 0. The molecule has 3 N–H and O–H groups in total. The summed E-state index contributed by atoms with van der Waals surface area (Å²) in [4.78, 5) is 24.2. The quantitative estimate of drug-likeness (QED) is 0.751. The smallest absolute Gasteiger partial charge is 0.227 e. The number of amides is 2. The van der Waals surface area contributed by atoms with Crippen LogP contribution >= 0.6 is 12.4 Å². The molecule has 1 aromatic rings. The van der Waals surface area contributed by atoms with Gasteiger partial charge in [-0.25, -0.2) is 0 Å². The Balaban J connectivity index is 0.00000225. The van der Waals surface area contributed by atoms with Crippen molar-refractivity contribution in [3.05, 3.63) is 29.8 Å². The Bertz CT molecular complexity index is 601. The topological polar surface area (TPSA) is 70.2 Å². The van der Waals surface area contributed by atoms with Crippen molar-refractivity contribution in [2.24, 2.45) is 11.8 Å². The van der Waals surface area contributed by atoms with Crippen molar-refractivity contribution in [2.75, 3.05) is 11.9 Å². The monoisotopic (exact) mass is 365 g/mol. The molecule has 3 atom stereocenters. The molecular weight excluding hydrogens is 338 g/mol. The average Bonchev–Trinajstić information content (AvgIpc) is 3.40. The van der Waals surface area contributed by atoms with E-state index in [9.17, 15) is 9.59 Å². The lowest BCUT2D eigenvalue weighted by Gasteiger charge is -2.28. The number of anilines is 1. The van der Waals surface area contributed by atoms with Crippen molar-refractivity contribution in [3.8, 4) is 0 Å². The molecule has 1 heterocycles. The molecule has 2 aliphatic rings. The molecule has 1 unspecified atom stereocenters. The molecule has 5 nitrogen and oxygen atoms in total. The lowest BCUT2D eigenvalue weighted by atomic mass is 9.92. The highest BCUT2D eigenvalue weighted by Gasteiger charge is 2.29. The first-order valence-corrected chi connectivity index (χ1v) is 8.97. The normalized spacial score (nSPS) is 23.9. The third-order valence-corrected chi connectivity index (χ3v) is 4.98. The van der Waals surface area contributed by atoms with Crippen LogP contribution in [0.4, 0.5) is 5.69 Å². The first-order valence-electron chi connectivity index (χ1n) is 8.97. The molecule has 1 aromatic carbocycles. The number of halogens is 1. The number of piperidine rings is 1. The first-order chi connectivity index (χ1) is 11.5. The van der Waals surface area contributed by atoms with Crippen LogP contribution in [0, 0.1) is 11.8 Å². The van der Waals surface area contributed by atoms with E-state index in [-0.39, 0.29) is 42.1 Å². The fraction of sp³-hybridized carbons (Fsp3) is 0.579. The van der Waals surface area contributed by atoms with Gasteiger partial charge in [0.2, 0.25) is 11.8 Å². The van der Waals surface area contributed by atoms with Gasteiger partial charge in [-0.1, -0.05) is 12.1 Å². The van der Waals surface area contributed by atoms with Gasteiger partial charge in [-0.3, -0.25) is 9.59 Å². The molecule has 2 fully saturated rings. The number of carbonyl (C=O) groups is 2. The molecule has 0 bridgehead atoms. The van der Waals surface area contributed by atoms with E-state index in [0.29, 0.717) is 6.04 Å². The van der Waals surface area contributed by atoms with Crippen LogP contribution in [0.25, 0.3) is 0 Å².